The zero-order chi connectivity index (χ0) is 30.9. The molecule has 1 nitrogen and oxygen atoms in total. The fourth-order valence-electron chi connectivity index (χ4n) is 7.99. The lowest BCUT2D eigenvalue weighted by Crippen LogP contribution is -2.15. The van der Waals surface area contributed by atoms with Crippen molar-refractivity contribution in [3.63, 3.8) is 0 Å². The number of hydrogen-bond acceptors (Lipinski definition) is 1. The van der Waals surface area contributed by atoms with Gasteiger partial charge >= 0.3 is 0 Å². The van der Waals surface area contributed by atoms with Crippen molar-refractivity contribution in [2.24, 2.45) is 0 Å². The molecular formula is C46H30O. The van der Waals surface area contributed by atoms with Crippen LogP contribution in [0, 0.1) is 0 Å². The summed E-state index contributed by atoms with van der Waals surface area (Å²) in [6.07, 6.45) is 8.78. The molecule has 2 aliphatic rings. The van der Waals surface area contributed by atoms with Crippen molar-refractivity contribution in [2.75, 3.05) is 0 Å². The molecule has 0 aromatic heterocycles. The Morgan fingerprint density at radius 1 is 0.404 bits per heavy atom. The molecule has 0 N–H and O–H groups in total. The van der Waals surface area contributed by atoms with Crippen molar-refractivity contribution in [3.8, 4) is 39.1 Å². The molecule has 1 aliphatic heterocycles. The van der Waals surface area contributed by atoms with E-state index in [0.29, 0.717) is 0 Å². The fourth-order valence-corrected chi connectivity index (χ4v) is 7.99. The summed E-state index contributed by atoms with van der Waals surface area (Å²) in [5.41, 5.74) is 8.67. The predicted molar refractivity (Wildman–Crippen MR) is 198 cm³/mol. The first-order chi connectivity index (χ1) is 23.3. The molecule has 8 aromatic rings. The van der Waals surface area contributed by atoms with Gasteiger partial charge in [-0.25, -0.2) is 0 Å². The minimum atomic E-state index is -0.00463. The van der Waals surface area contributed by atoms with E-state index in [9.17, 15) is 0 Å². The molecule has 2 unspecified atom stereocenters. The van der Waals surface area contributed by atoms with Gasteiger partial charge in [-0.05, 0) is 107 Å². The highest BCUT2D eigenvalue weighted by Crippen LogP contribution is 2.52. The highest BCUT2D eigenvalue weighted by molar-refractivity contribution is 6.22. The van der Waals surface area contributed by atoms with Gasteiger partial charge in [0.15, 0.2) is 0 Å². The molecule has 0 spiro atoms. The van der Waals surface area contributed by atoms with E-state index in [0.717, 1.165) is 5.75 Å². The van der Waals surface area contributed by atoms with Gasteiger partial charge in [0.25, 0.3) is 0 Å². The number of fused-ring (bicyclic) bond motifs is 7. The lowest BCUT2D eigenvalue weighted by molar-refractivity contribution is 0.269. The Bertz CT molecular complexity index is 2560. The third-order valence-corrected chi connectivity index (χ3v) is 10.1. The van der Waals surface area contributed by atoms with Crippen LogP contribution in [0.3, 0.4) is 0 Å². The monoisotopic (exact) mass is 598 g/mol. The Labute approximate surface area is 273 Å². The van der Waals surface area contributed by atoms with Gasteiger partial charge in [-0.1, -0.05) is 140 Å². The van der Waals surface area contributed by atoms with E-state index in [1.165, 1.54) is 82.0 Å². The SMILES string of the molecule is C1=CC2Oc3cc(-c4ccc5ccccc5c4)cc(-c4c5ccccc5c(-c5ccc6ccccc6c5)c5ccccc45)c3C2C=C1. The molecule has 8 aromatic carbocycles. The number of benzene rings is 8. The van der Waals surface area contributed by atoms with Crippen molar-refractivity contribution < 1.29 is 4.74 Å². The van der Waals surface area contributed by atoms with E-state index in [1.54, 1.807) is 0 Å². The van der Waals surface area contributed by atoms with E-state index in [-0.39, 0.29) is 12.0 Å². The topological polar surface area (TPSA) is 9.23 Å². The largest absolute Gasteiger partial charge is 0.485 e. The van der Waals surface area contributed by atoms with Crippen LogP contribution in [0.2, 0.25) is 0 Å². The highest BCUT2D eigenvalue weighted by atomic mass is 16.5. The van der Waals surface area contributed by atoms with Crippen molar-refractivity contribution in [3.05, 3.63) is 175 Å². The lowest BCUT2D eigenvalue weighted by atomic mass is 9.80. The molecule has 1 heteroatoms. The standard InChI is InChI=1S/C46H30O/c1-3-13-31-25-33(23-21-29(31)11-1)35-27-41(46-40-19-9-10-20-42(40)47-43(46)28-35)45-38-17-7-5-15-36(38)44(37-16-6-8-18-39(37)45)34-24-22-30-12-2-4-14-32(30)26-34/h1-28,40,42H. The van der Waals surface area contributed by atoms with Gasteiger partial charge in [0.1, 0.15) is 11.9 Å². The summed E-state index contributed by atoms with van der Waals surface area (Å²) >= 11 is 0. The van der Waals surface area contributed by atoms with E-state index in [2.05, 4.69) is 170 Å². The van der Waals surface area contributed by atoms with Crippen LogP contribution in [0.25, 0.3) is 76.5 Å². The molecule has 2 atom stereocenters. The molecule has 0 fully saturated rings. The molecule has 1 aliphatic carbocycles. The average Bonchev–Trinajstić information content (AvgIpc) is 3.52. The molecular weight excluding hydrogens is 569 g/mol. The summed E-state index contributed by atoms with van der Waals surface area (Å²) in [5.74, 6) is 1.14. The predicted octanol–water partition coefficient (Wildman–Crippen LogP) is 12.3. The third-order valence-electron chi connectivity index (χ3n) is 10.1. The zero-order valence-corrected chi connectivity index (χ0v) is 25.7. The Hall–Kier alpha value is -5.92. The van der Waals surface area contributed by atoms with Crippen LogP contribution in [-0.4, -0.2) is 6.10 Å². The summed E-state index contributed by atoms with van der Waals surface area (Å²) in [4.78, 5) is 0. The quantitative estimate of drug-likeness (QED) is 0.184. The zero-order valence-electron chi connectivity index (χ0n) is 25.7. The second-order valence-corrected chi connectivity index (χ2v) is 12.8. The van der Waals surface area contributed by atoms with Crippen LogP contribution in [0.1, 0.15) is 11.5 Å². The Morgan fingerprint density at radius 3 is 1.60 bits per heavy atom. The highest BCUT2D eigenvalue weighted by Gasteiger charge is 2.36. The van der Waals surface area contributed by atoms with Crippen LogP contribution in [0.4, 0.5) is 0 Å². The van der Waals surface area contributed by atoms with Gasteiger partial charge < -0.3 is 4.74 Å². The van der Waals surface area contributed by atoms with Crippen LogP contribution in [0.15, 0.2) is 170 Å². The van der Waals surface area contributed by atoms with Gasteiger partial charge in [0, 0.05) is 11.5 Å². The third kappa shape index (κ3) is 4.10. The maximum Gasteiger partial charge on any atom is 0.128 e. The number of ether oxygens (including phenoxy) is 1. The van der Waals surface area contributed by atoms with E-state index in [1.807, 2.05) is 0 Å². The summed E-state index contributed by atoms with van der Waals surface area (Å²) in [6, 6.07) is 53.5. The van der Waals surface area contributed by atoms with Gasteiger partial charge in [-0.15, -0.1) is 0 Å². The molecule has 220 valence electrons. The van der Waals surface area contributed by atoms with Crippen molar-refractivity contribution in [1.29, 1.82) is 0 Å². The van der Waals surface area contributed by atoms with Crippen molar-refractivity contribution in [2.45, 2.75) is 12.0 Å². The maximum atomic E-state index is 6.74. The van der Waals surface area contributed by atoms with E-state index >= 15 is 0 Å². The summed E-state index contributed by atoms with van der Waals surface area (Å²) in [6.45, 7) is 0. The van der Waals surface area contributed by atoms with E-state index in [4.69, 9.17) is 4.74 Å². The van der Waals surface area contributed by atoms with Crippen molar-refractivity contribution >= 4 is 43.1 Å². The van der Waals surface area contributed by atoms with Gasteiger partial charge in [-0.2, -0.15) is 0 Å². The Morgan fingerprint density at radius 2 is 0.936 bits per heavy atom. The van der Waals surface area contributed by atoms with Gasteiger partial charge in [0.05, 0.1) is 0 Å². The maximum absolute atomic E-state index is 6.74. The molecule has 1 heterocycles. The molecule has 47 heavy (non-hydrogen) atoms. The van der Waals surface area contributed by atoms with Crippen LogP contribution in [0.5, 0.6) is 5.75 Å². The number of rotatable bonds is 3. The smallest absolute Gasteiger partial charge is 0.128 e. The number of allylic oxidation sites excluding steroid dienone is 2. The van der Waals surface area contributed by atoms with Gasteiger partial charge in [0.2, 0.25) is 0 Å². The minimum Gasteiger partial charge on any atom is -0.485 e. The van der Waals surface area contributed by atoms with Crippen LogP contribution < -0.4 is 4.74 Å². The molecule has 0 amide bonds. The minimum absolute atomic E-state index is 0.00463. The van der Waals surface area contributed by atoms with Crippen LogP contribution >= 0.6 is 0 Å². The average molecular weight is 599 g/mol. The first kappa shape index (κ1) is 26.3. The molecule has 0 saturated carbocycles. The molecule has 10 rings (SSSR count). The summed E-state index contributed by atoms with van der Waals surface area (Å²) in [5, 5.41) is 10.0. The lowest BCUT2D eigenvalue weighted by Gasteiger charge is -2.21. The molecule has 0 bridgehead atoms. The Kier molecular flexibility index (Phi) is 5.77. The van der Waals surface area contributed by atoms with E-state index < -0.39 is 0 Å². The number of hydrogen-bond donors (Lipinski definition) is 0. The first-order valence-electron chi connectivity index (χ1n) is 16.4. The normalized spacial score (nSPS) is 16.5. The summed E-state index contributed by atoms with van der Waals surface area (Å²) in [7, 11) is 0. The second-order valence-electron chi connectivity index (χ2n) is 12.8. The first-order valence-corrected chi connectivity index (χ1v) is 16.4. The Balaban J connectivity index is 1.30. The van der Waals surface area contributed by atoms with Gasteiger partial charge in [-0.3, -0.25) is 0 Å². The fraction of sp³-hybridized carbons (Fsp3) is 0.0435. The van der Waals surface area contributed by atoms with Crippen LogP contribution in [-0.2, 0) is 0 Å². The summed E-state index contributed by atoms with van der Waals surface area (Å²) < 4.78 is 6.74. The second kappa shape index (κ2) is 10.3. The molecule has 0 radical (unpaired) electrons. The van der Waals surface area contributed by atoms with Crippen molar-refractivity contribution in [1.82, 2.24) is 0 Å². The molecule has 0 saturated heterocycles.